The average Bonchev–Trinajstić information content (AvgIpc) is 2.82. The summed E-state index contributed by atoms with van der Waals surface area (Å²) in [5.74, 6) is -0.112. The molecule has 3 aromatic rings. The van der Waals surface area contributed by atoms with E-state index >= 15 is 0 Å². The van der Waals surface area contributed by atoms with E-state index in [9.17, 15) is 9.59 Å². The standard InChI is InChI=1S/C25H21Cl3N2O5/c1-3-33-23-12-16(4-10-22(23)35-25(32)17-5-7-18(26)8-6-17)14-29-30-24(31)15(2)34-21-11-9-19(27)13-20(21)28/h4-15H,3H2,1-2H3,(H,30,31)/b29-14-/t15-/m0/s1. The van der Waals surface area contributed by atoms with Crippen LogP contribution in [0.4, 0.5) is 0 Å². The molecular weight excluding hydrogens is 515 g/mol. The molecule has 0 heterocycles. The summed E-state index contributed by atoms with van der Waals surface area (Å²) >= 11 is 17.8. The molecule has 182 valence electrons. The predicted octanol–water partition coefficient (Wildman–Crippen LogP) is 6.18. The summed E-state index contributed by atoms with van der Waals surface area (Å²) in [6.45, 7) is 3.72. The van der Waals surface area contributed by atoms with Gasteiger partial charge in [0, 0.05) is 10.0 Å². The van der Waals surface area contributed by atoms with Crippen LogP contribution in [0.5, 0.6) is 17.2 Å². The van der Waals surface area contributed by atoms with Crippen molar-refractivity contribution in [2.45, 2.75) is 20.0 Å². The minimum absolute atomic E-state index is 0.245. The van der Waals surface area contributed by atoms with Gasteiger partial charge in [-0.15, -0.1) is 0 Å². The van der Waals surface area contributed by atoms with Crippen molar-refractivity contribution in [2.24, 2.45) is 5.10 Å². The third kappa shape index (κ3) is 7.62. The fraction of sp³-hybridized carbons (Fsp3) is 0.160. The van der Waals surface area contributed by atoms with Gasteiger partial charge in [0.25, 0.3) is 5.91 Å². The van der Waals surface area contributed by atoms with Crippen molar-refractivity contribution in [3.8, 4) is 17.2 Å². The maximum Gasteiger partial charge on any atom is 0.343 e. The highest BCUT2D eigenvalue weighted by molar-refractivity contribution is 6.35. The van der Waals surface area contributed by atoms with Crippen LogP contribution in [0.15, 0.2) is 65.8 Å². The molecule has 0 fully saturated rings. The molecule has 0 aliphatic heterocycles. The third-order valence-corrected chi connectivity index (χ3v) is 5.29. The number of nitrogens with one attached hydrogen (secondary N) is 1. The minimum Gasteiger partial charge on any atom is -0.490 e. The number of carbonyl (C=O) groups excluding carboxylic acids is 2. The van der Waals surface area contributed by atoms with Crippen molar-refractivity contribution < 1.29 is 23.8 Å². The molecule has 1 atom stereocenters. The van der Waals surface area contributed by atoms with Crippen LogP contribution in [-0.4, -0.2) is 30.8 Å². The number of halogens is 3. The number of amides is 1. The molecule has 0 unspecified atom stereocenters. The highest BCUT2D eigenvalue weighted by atomic mass is 35.5. The van der Waals surface area contributed by atoms with Crippen LogP contribution in [0.25, 0.3) is 0 Å². The van der Waals surface area contributed by atoms with Crippen LogP contribution < -0.4 is 19.6 Å². The second-order valence-electron chi connectivity index (χ2n) is 7.10. The van der Waals surface area contributed by atoms with Gasteiger partial charge in [0.15, 0.2) is 17.6 Å². The highest BCUT2D eigenvalue weighted by Crippen LogP contribution is 2.30. The van der Waals surface area contributed by atoms with E-state index in [0.29, 0.717) is 44.3 Å². The van der Waals surface area contributed by atoms with Gasteiger partial charge >= 0.3 is 5.97 Å². The Morgan fingerprint density at radius 2 is 1.63 bits per heavy atom. The molecular formula is C25H21Cl3N2O5. The lowest BCUT2D eigenvalue weighted by Gasteiger charge is -2.14. The van der Waals surface area contributed by atoms with Crippen molar-refractivity contribution in [2.75, 3.05) is 6.61 Å². The number of esters is 1. The Morgan fingerprint density at radius 1 is 0.943 bits per heavy atom. The first-order valence-electron chi connectivity index (χ1n) is 10.5. The fourth-order valence-corrected chi connectivity index (χ4v) is 3.36. The maximum absolute atomic E-state index is 12.4. The number of nitrogens with zero attached hydrogens (tertiary/aromatic N) is 1. The summed E-state index contributed by atoms with van der Waals surface area (Å²) in [6.07, 6.45) is 0.562. The minimum atomic E-state index is -0.862. The molecule has 0 aliphatic carbocycles. The van der Waals surface area contributed by atoms with Crippen LogP contribution >= 0.6 is 34.8 Å². The Morgan fingerprint density at radius 3 is 2.31 bits per heavy atom. The van der Waals surface area contributed by atoms with Gasteiger partial charge in [-0.3, -0.25) is 4.79 Å². The first-order valence-corrected chi connectivity index (χ1v) is 11.6. The first kappa shape index (κ1) is 26.3. The van der Waals surface area contributed by atoms with E-state index < -0.39 is 18.0 Å². The van der Waals surface area contributed by atoms with Crippen molar-refractivity contribution in [3.63, 3.8) is 0 Å². The molecule has 0 aromatic heterocycles. The van der Waals surface area contributed by atoms with Gasteiger partial charge in [0.1, 0.15) is 5.75 Å². The normalized spacial score (nSPS) is 11.7. The van der Waals surface area contributed by atoms with Gasteiger partial charge in [0.2, 0.25) is 0 Å². The largest absolute Gasteiger partial charge is 0.490 e. The van der Waals surface area contributed by atoms with Crippen molar-refractivity contribution in [3.05, 3.63) is 86.9 Å². The topological polar surface area (TPSA) is 86.2 Å². The van der Waals surface area contributed by atoms with Crippen molar-refractivity contribution in [1.29, 1.82) is 0 Å². The maximum atomic E-state index is 12.4. The average molecular weight is 536 g/mol. The van der Waals surface area contributed by atoms with Crippen LogP contribution in [-0.2, 0) is 4.79 Å². The molecule has 1 amide bonds. The van der Waals surface area contributed by atoms with E-state index in [4.69, 9.17) is 49.0 Å². The molecule has 3 aromatic carbocycles. The van der Waals surface area contributed by atoms with E-state index in [2.05, 4.69) is 10.5 Å². The summed E-state index contributed by atoms with van der Waals surface area (Å²) in [4.78, 5) is 24.7. The number of hydrazone groups is 1. The van der Waals surface area contributed by atoms with Crippen molar-refractivity contribution in [1.82, 2.24) is 5.43 Å². The van der Waals surface area contributed by atoms with Gasteiger partial charge in [-0.2, -0.15) is 5.10 Å². The molecule has 10 heteroatoms. The lowest BCUT2D eigenvalue weighted by Crippen LogP contribution is -2.33. The molecule has 3 rings (SSSR count). The summed E-state index contributed by atoms with van der Waals surface area (Å²) < 4.78 is 16.6. The zero-order chi connectivity index (χ0) is 25.4. The zero-order valence-corrected chi connectivity index (χ0v) is 21.0. The Bertz CT molecular complexity index is 1230. The third-order valence-electron chi connectivity index (χ3n) is 4.51. The Hall–Kier alpha value is -3.26. The SMILES string of the molecule is CCOc1cc(/C=N\NC(=O)[C@H](C)Oc2ccc(Cl)cc2Cl)ccc1OC(=O)c1ccc(Cl)cc1. The first-order chi connectivity index (χ1) is 16.8. The van der Waals surface area contributed by atoms with Gasteiger partial charge in [-0.25, -0.2) is 10.2 Å². The molecule has 0 bridgehead atoms. The molecule has 1 N–H and O–H groups in total. The molecule has 35 heavy (non-hydrogen) atoms. The lowest BCUT2D eigenvalue weighted by atomic mass is 10.2. The number of carbonyl (C=O) groups is 2. The number of ether oxygens (including phenoxy) is 3. The van der Waals surface area contributed by atoms with Gasteiger partial charge in [-0.1, -0.05) is 34.8 Å². The van der Waals surface area contributed by atoms with Crippen molar-refractivity contribution >= 4 is 52.9 Å². The Balaban J connectivity index is 1.63. The summed E-state index contributed by atoms with van der Waals surface area (Å²) in [7, 11) is 0. The Kier molecular flexibility index (Phi) is 9.37. The van der Waals surface area contributed by atoms with Gasteiger partial charge < -0.3 is 14.2 Å². The second kappa shape index (κ2) is 12.4. The molecule has 0 saturated carbocycles. The van der Waals surface area contributed by atoms with E-state index in [1.54, 1.807) is 68.4 Å². The van der Waals surface area contributed by atoms with Gasteiger partial charge in [-0.05, 0) is 80.1 Å². The van der Waals surface area contributed by atoms with E-state index in [1.807, 2.05) is 0 Å². The molecule has 0 aliphatic rings. The smallest absolute Gasteiger partial charge is 0.343 e. The molecule has 0 spiro atoms. The van der Waals surface area contributed by atoms with E-state index in [-0.39, 0.29) is 5.75 Å². The fourth-order valence-electron chi connectivity index (χ4n) is 2.78. The highest BCUT2D eigenvalue weighted by Gasteiger charge is 2.16. The van der Waals surface area contributed by atoms with Crippen LogP contribution in [0.1, 0.15) is 29.8 Å². The van der Waals surface area contributed by atoms with E-state index in [1.165, 1.54) is 12.3 Å². The number of benzene rings is 3. The summed E-state index contributed by atoms with van der Waals surface area (Å²) in [5.41, 5.74) is 3.36. The number of rotatable bonds is 9. The molecule has 0 saturated heterocycles. The molecule has 0 radical (unpaired) electrons. The predicted molar refractivity (Wildman–Crippen MR) is 136 cm³/mol. The van der Waals surface area contributed by atoms with Crippen LogP contribution in [0.3, 0.4) is 0 Å². The number of hydrogen-bond acceptors (Lipinski definition) is 6. The van der Waals surface area contributed by atoms with Crippen LogP contribution in [0, 0.1) is 0 Å². The van der Waals surface area contributed by atoms with E-state index in [0.717, 1.165) is 0 Å². The summed E-state index contributed by atoms with van der Waals surface area (Å²) in [6, 6.07) is 15.9. The monoisotopic (exact) mass is 534 g/mol. The Labute approximate surface area is 217 Å². The lowest BCUT2D eigenvalue weighted by molar-refractivity contribution is -0.127. The second-order valence-corrected chi connectivity index (χ2v) is 8.38. The number of hydrogen-bond donors (Lipinski definition) is 1. The van der Waals surface area contributed by atoms with Gasteiger partial charge in [0.05, 0.1) is 23.4 Å². The quantitative estimate of drug-likeness (QED) is 0.153. The summed E-state index contributed by atoms with van der Waals surface area (Å²) in [5, 5.41) is 5.22. The zero-order valence-electron chi connectivity index (χ0n) is 18.8. The molecule has 7 nitrogen and oxygen atoms in total. The van der Waals surface area contributed by atoms with Crippen LogP contribution in [0.2, 0.25) is 15.1 Å².